The molecule has 3 heteroatoms. The Morgan fingerprint density at radius 2 is 1.79 bits per heavy atom. The summed E-state index contributed by atoms with van der Waals surface area (Å²) >= 11 is 0. The van der Waals surface area contributed by atoms with E-state index in [1.165, 1.54) is 32.1 Å². The van der Waals surface area contributed by atoms with Crippen LogP contribution in [0.5, 0.6) is 0 Å². The van der Waals surface area contributed by atoms with Crippen LogP contribution in [0.3, 0.4) is 0 Å². The van der Waals surface area contributed by atoms with E-state index in [1.807, 2.05) is 6.92 Å². The number of hydrogen-bond acceptors (Lipinski definition) is 2. The molecule has 19 heavy (non-hydrogen) atoms. The van der Waals surface area contributed by atoms with Crippen LogP contribution in [-0.2, 0) is 4.79 Å². The summed E-state index contributed by atoms with van der Waals surface area (Å²) in [6.45, 7) is 8.44. The summed E-state index contributed by atoms with van der Waals surface area (Å²) in [5.74, 6) is 0.890. The maximum Gasteiger partial charge on any atom is 0.237 e. The van der Waals surface area contributed by atoms with Gasteiger partial charge in [-0.1, -0.05) is 32.6 Å². The Morgan fingerprint density at radius 1 is 1.16 bits per heavy atom. The Labute approximate surface area is 118 Å². The first-order valence-electron chi connectivity index (χ1n) is 8.11. The van der Waals surface area contributed by atoms with Crippen LogP contribution in [0.25, 0.3) is 0 Å². The predicted molar refractivity (Wildman–Crippen MR) is 81.1 cm³/mol. The largest absolute Gasteiger partial charge is 0.352 e. The Hall–Kier alpha value is -0.570. The van der Waals surface area contributed by atoms with Crippen LogP contribution in [0.4, 0.5) is 0 Å². The summed E-state index contributed by atoms with van der Waals surface area (Å²) in [7, 11) is 0. The van der Waals surface area contributed by atoms with Gasteiger partial charge in [-0.05, 0) is 46.0 Å². The van der Waals surface area contributed by atoms with Crippen molar-refractivity contribution in [3.05, 3.63) is 0 Å². The van der Waals surface area contributed by atoms with Gasteiger partial charge in [-0.15, -0.1) is 0 Å². The molecule has 1 fully saturated rings. The Morgan fingerprint density at radius 3 is 2.37 bits per heavy atom. The molecular weight excluding hydrogens is 236 g/mol. The lowest BCUT2D eigenvalue weighted by molar-refractivity contribution is -0.123. The van der Waals surface area contributed by atoms with Crippen LogP contribution in [0.15, 0.2) is 0 Å². The lowest BCUT2D eigenvalue weighted by Gasteiger charge is -2.30. The quantitative estimate of drug-likeness (QED) is 0.744. The molecule has 0 spiro atoms. The first-order chi connectivity index (χ1) is 9.04. The van der Waals surface area contributed by atoms with Crippen LogP contribution in [-0.4, -0.2) is 24.0 Å². The Kier molecular flexibility index (Phi) is 7.44. The van der Waals surface area contributed by atoms with Crippen molar-refractivity contribution in [2.45, 2.75) is 90.8 Å². The van der Waals surface area contributed by atoms with Gasteiger partial charge in [0.05, 0.1) is 6.04 Å². The Bertz CT molecular complexity index is 261. The summed E-state index contributed by atoms with van der Waals surface area (Å²) < 4.78 is 0. The number of rotatable bonds is 7. The zero-order valence-electron chi connectivity index (χ0n) is 13.2. The molecule has 0 aromatic heterocycles. The average Bonchev–Trinajstić information content (AvgIpc) is 2.39. The molecule has 0 aromatic rings. The third kappa shape index (κ3) is 5.94. The van der Waals surface area contributed by atoms with Crippen molar-refractivity contribution >= 4 is 5.91 Å². The molecule has 0 aromatic carbocycles. The molecule has 0 bridgehead atoms. The minimum atomic E-state index is -0.0868. The van der Waals surface area contributed by atoms with Gasteiger partial charge >= 0.3 is 0 Å². The molecule has 2 N–H and O–H groups in total. The van der Waals surface area contributed by atoms with Crippen molar-refractivity contribution in [2.75, 3.05) is 0 Å². The van der Waals surface area contributed by atoms with Crippen molar-refractivity contribution in [3.8, 4) is 0 Å². The zero-order chi connectivity index (χ0) is 14.3. The monoisotopic (exact) mass is 268 g/mol. The highest BCUT2D eigenvalue weighted by Crippen LogP contribution is 2.26. The van der Waals surface area contributed by atoms with E-state index < -0.39 is 0 Å². The normalized spacial score (nSPS) is 21.7. The van der Waals surface area contributed by atoms with Gasteiger partial charge in [0.1, 0.15) is 0 Å². The standard InChI is InChI=1S/C16H32N2O/c1-5-9-12(2)17-16(19)14(4)18-13(3)15-10-7-6-8-11-15/h12-15,18H,5-11H2,1-4H3,(H,17,19)/t12?,13-,14?/m0/s1. The SMILES string of the molecule is CCCC(C)NC(=O)C(C)N[C@@H](C)C1CCCCC1. The van der Waals surface area contributed by atoms with Crippen molar-refractivity contribution in [1.82, 2.24) is 10.6 Å². The Balaban J connectivity index is 2.31. The second kappa shape index (κ2) is 8.57. The first-order valence-corrected chi connectivity index (χ1v) is 8.11. The zero-order valence-corrected chi connectivity index (χ0v) is 13.2. The molecule has 1 aliphatic rings. The third-order valence-corrected chi connectivity index (χ3v) is 4.37. The summed E-state index contributed by atoms with van der Waals surface area (Å²) in [4.78, 5) is 12.1. The summed E-state index contributed by atoms with van der Waals surface area (Å²) in [5, 5.41) is 6.57. The van der Waals surface area contributed by atoms with E-state index in [9.17, 15) is 4.79 Å². The molecule has 2 unspecified atom stereocenters. The van der Waals surface area contributed by atoms with Gasteiger partial charge in [0.2, 0.25) is 5.91 Å². The fourth-order valence-electron chi connectivity index (χ4n) is 3.11. The molecule has 0 radical (unpaired) electrons. The van der Waals surface area contributed by atoms with E-state index in [0.717, 1.165) is 18.8 Å². The summed E-state index contributed by atoms with van der Waals surface area (Å²) in [6.07, 6.45) is 8.88. The number of carbonyl (C=O) groups excluding carboxylic acids is 1. The predicted octanol–water partition coefficient (Wildman–Crippen LogP) is 3.24. The smallest absolute Gasteiger partial charge is 0.237 e. The van der Waals surface area contributed by atoms with Gasteiger partial charge in [-0.3, -0.25) is 4.79 Å². The molecule has 3 nitrogen and oxygen atoms in total. The first kappa shape index (κ1) is 16.5. The number of nitrogens with one attached hydrogen (secondary N) is 2. The molecule has 1 rings (SSSR count). The van der Waals surface area contributed by atoms with Gasteiger partial charge < -0.3 is 10.6 Å². The van der Waals surface area contributed by atoms with Gasteiger partial charge in [0, 0.05) is 12.1 Å². The third-order valence-electron chi connectivity index (χ3n) is 4.37. The van der Waals surface area contributed by atoms with Crippen LogP contribution >= 0.6 is 0 Å². The molecule has 3 atom stereocenters. The minimum Gasteiger partial charge on any atom is -0.352 e. The molecule has 0 heterocycles. The van der Waals surface area contributed by atoms with Crippen LogP contribution in [0.1, 0.15) is 72.6 Å². The maximum atomic E-state index is 12.1. The molecule has 1 saturated carbocycles. The molecule has 0 saturated heterocycles. The molecule has 112 valence electrons. The van der Waals surface area contributed by atoms with Crippen molar-refractivity contribution < 1.29 is 4.79 Å². The lowest BCUT2D eigenvalue weighted by atomic mass is 9.84. The van der Waals surface area contributed by atoms with Crippen LogP contribution in [0, 0.1) is 5.92 Å². The fourth-order valence-corrected chi connectivity index (χ4v) is 3.11. The van der Waals surface area contributed by atoms with E-state index in [-0.39, 0.29) is 18.0 Å². The molecule has 1 amide bonds. The summed E-state index contributed by atoms with van der Waals surface area (Å²) in [5.41, 5.74) is 0. The minimum absolute atomic E-state index is 0.0868. The van der Waals surface area contributed by atoms with E-state index >= 15 is 0 Å². The molecule has 0 aliphatic heterocycles. The molecular formula is C16H32N2O. The summed E-state index contributed by atoms with van der Waals surface area (Å²) in [6, 6.07) is 0.644. The molecule has 1 aliphatic carbocycles. The number of amides is 1. The highest BCUT2D eigenvalue weighted by atomic mass is 16.2. The van der Waals surface area contributed by atoms with E-state index in [4.69, 9.17) is 0 Å². The highest BCUT2D eigenvalue weighted by molar-refractivity contribution is 5.81. The van der Waals surface area contributed by atoms with E-state index in [2.05, 4.69) is 31.4 Å². The van der Waals surface area contributed by atoms with Crippen LogP contribution < -0.4 is 10.6 Å². The van der Waals surface area contributed by atoms with E-state index in [0.29, 0.717) is 6.04 Å². The number of hydrogen-bond donors (Lipinski definition) is 2. The van der Waals surface area contributed by atoms with Gasteiger partial charge in [0.15, 0.2) is 0 Å². The van der Waals surface area contributed by atoms with Gasteiger partial charge in [-0.25, -0.2) is 0 Å². The highest BCUT2D eigenvalue weighted by Gasteiger charge is 2.23. The van der Waals surface area contributed by atoms with Crippen molar-refractivity contribution in [2.24, 2.45) is 5.92 Å². The second-order valence-corrected chi connectivity index (χ2v) is 6.27. The van der Waals surface area contributed by atoms with Crippen molar-refractivity contribution in [1.29, 1.82) is 0 Å². The lowest BCUT2D eigenvalue weighted by Crippen LogP contribution is -2.50. The second-order valence-electron chi connectivity index (χ2n) is 6.27. The van der Waals surface area contributed by atoms with Crippen LogP contribution in [0.2, 0.25) is 0 Å². The average molecular weight is 268 g/mol. The van der Waals surface area contributed by atoms with Crippen molar-refractivity contribution in [3.63, 3.8) is 0 Å². The maximum absolute atomic E-state index is 12.1. The topological polar surface area (TPSA) is 41.1 Å². The van der Waals surface area contributed by atoms with Gasteiger partial charge in [-0.2, -0.15) is 0 Å². The van der Waals surface area contributed by atoms with Gasteiger partial charge in [0.25, 0.3) is 0 Å². The number of carbonyl (C=O) groups is 1. The van der Waals surface area contributed by atoms with E-state index in [1.54, 1.807) is 0 Å². The fraction of sp³-hybridized carbons (Fsp3) is 0.938.